The Kier molecular flexibility index (Phi) is 4.12. The summed E-state index contributed by atoms with van der Waals surface area (Å²) < 4.78 is 14.8. The standard InChI is InChI=1S/C19H17FN8/c20-15-3-1-13(2-4-15)16-5-8-21-17(23-16)14-6-10-27(11-7-14)18-19-24-25-26-28(19)12-9-22-18/h1-5,8-9,12,14H,6-7,10-11H2. The van der Waals surface area contributed by atoms with Crippen molar-refractivity contribution in [3.05, 3.63) is 60.6 Å². The molecule has 0 amide bonds. The van der Waals surface area contributed by atoms with E-state index in [1.807, 2.05) is 6.07 Å². The lowest BCUT2D eigenvalue weighted by atomic mass is 9.95. The molecule has 0 spiro atoms. The Hall–Kier alpha value is -3.49. The summed E-state index contributed by atoms with van der Waals surface area (Å²) in [5.74, 6) is 1.65. The second-order valence-corrected chi connectivity index (χ2v) is 6.77. The van der Waals surface area contributed by atoms with Crippen molar-refractivity contribution in [3.8, 4) is 11.3 Å². The molecule has 5 rings (SSSR count). The van der Waals surface area contributed by atoms with Gasteiger partial charge in [0.25, 0.3) is 0 Å². The average Bonchev–Trinajstić information content (AvgIpc) is 3.24. The number of anilines is 1. The van der Waals surface area contributed by atoms with E-state index in [9.17, 15) is 4.39 Å². The van der Waals surface area contributed by atoms with Gasteiger partial charge >= 0.3 is 0 Å². The maximum Gasteiger partial charge on any atom is 0.221 e. The third-order valence-corrected chi connectivity index (χ3v) is 5.07. The van der Waals surface area contributed by atoms with E-state index in [-0.39, 0.29) is 11.7 Å². The molecule has 0 saturated carbocycles. The fraction of sp³-hybridized carbons (Fsp3) is 0.263. The van der Waals surface area contributed by atoms with E-state index in [2.05, 4.69) is 30.4 Å². The van der Waals surface area contributed by atoms with Crippen LogP contribution in [0.15, 0.2) is 48.9 Å². The van der Waals surface area contributed by atoms with Gasteiger partial charge in [-0.3, -0.25) is 0 Å². The van der Waals surface area contributed by atoms with E-state index in [1.165, 1.54) is 12.1 Å². The zero-order valence-electron chi connectivity index (χ0n) is 15.0. The van der Waals surface area contributed by atoms with Crippen molar-refractivity contribution >= 4 is 11.5 Å². The highest BCUT2D eigenvalue weighted by Gasteiger charge is 2.25. The molecular formula is C19H17FN8. The molecule has 0 N–H and O–H groups in total. The van der Waals surface area contributed by atoms with Gasteiger partial charge in [0.1, 0.15) is 11.6 Å². The van der Waals surface area contributed by atoms with E-state index < -0.39 is 0 Å². The second-order valence-electron chi connectivity index (χ2n) is 6.77. The Bertz CT molecular complexity index is 1100. The zero-order chi connectivity index (χ0) is 18.9. The van der Waals surface area contributed by atoms with Crippen molar-refractivity contribution in [2.75, 3.05) is 18.0 Å². The molecule has 0 radical (unpaired) electrons. The average molecular weight is 376 g/mol. The molecule has 3 aromatic heterocycles. The lowest BCUT2D eigenvalue weighted by Crippen LogP contribution is -2.34. The minimum atomic E-state index is -0.253. The summed E-state index contributed by atoms with van der Waals surface area (Å²) in [4.78, 5) is 15.9. The van der Waals surface area contributed by atoms with Gasteiger partial charge in [-0.25, -0.2) is 19.3 Å². The first-order valence-electron chi connectivity index (χ1n) is 9.14. The predicted molar refractivity (Wildman–Crippen MR) is 100 cm³/mol. The highest BCUT2D eigenvalue weighted by atomic mass is 19.1. The number of rotatable bonds is 3. The smallest absolute Gasteiger partial charge is 0.221 e. The third kappa shape index (κ3) is 3.04. The Morgan fingerprint density at radius 1 is 0.964 bits per heavy atom. The number of aromatic nitrogens is 7. The normalized spacial score (nSPS) is 15.2. The van der Waals surface area contributed by atoms with Crippen LogP contribution in [0.25, 0.3) is 16.9 Å². The summed E-state index contributed by atoms with van der Waals surface area (Å²) in [7, 11) is 0. The molecule has 4 aromatic rings. The molecular weight excluding hydrogens is 359 g/mol. The van der Waals surface area contributed by atoms with E-state index in [0.717, 1.165) is 48.8 Å². The molecule has 1 fully saturated rings. The third-order valence-electron chi connectivity index (χ3n) is 5.07. The summed E-state index contributed by atoms with van der Waals surface area (Å²) in [6, 6.07) is 8.23. The van der Waals surface area contributed by atoms with Crippen molar-refractivity contribution in [2.24, 2.45) is 0 Å². The van der Waals surface area contributed by atoms with Gasteiger partial charge in [-0.2, -0.15) is 4.52 Å². The van der Waals surface area contributed by atoms with Crippen molar-refractivity contribution in [2.45, 2.75) is 18.8 Å². The van der Waals surface area contributed by atoms with Crippen molar-refractivity contribution < 1.29 is 4.39 Å². The van der Waals surface area contributed by atoms with Crippen LogP contribution in [-0.4, -0.2) is 48.1 Å². The Balaban J connectivity index is 1.34. The van der Waals surface area contributed by atoms with Crippen molar-refractivity contribution in [1.82, 2.24) is 35.0 Å². The van der Waals surface area contributed by atoms with Crippen LogP contribution in [0.2, 0.25) is 0 Å². The van der Waals surface area contributed by atoms with Crippen LogP contribution in [0.3, 0.4) is 0 Å². The van der Waals surface area contributed by atoms with Gasteiger partial charge in [-0.15, -0.1) is 5.10 Å². The van der Waals surface area contributed by atoms with Crippen LogP contribution in [0.1, 0.15) is 24.6 Å². The molecule has 1 aromatic carbocycles. The lowest BCUT2D eigenvalue weighted by Gasteiger charge is -2.31. The molecule has 1 aliphatic heterocycles. The molecule has 140 valence electrons. The van der Waals surface area contributed by atoms with E-state index >= 15 is 0 Å². The van der Waals surface area contributed by atoms with Gasteiger partial charge in [-0.05, 0) is 53.6 Å². The topological polar surface area (TPSA) is 85.0 Å². The molecule has 8 nitrogen and oxygen atoms in total. The first-order chi connectivity index (χ1) is 13.8. The van der Waals surface area contributed by atoms with Crippen LogP contribution in [0.4, 0.5) is 10.2 Å². The number of benzene rings is 1. The van der Waals surface area contributed by atoms with Crippen molar-refractivity contribution in [1.29, 1.82) is 0 Å². The SMILES string of the molecule is Fc1ccc(-c2ccnc(C3CCN(c4nccn5nnnc45)CC3)n2)cc1. The minimum Gasteiger partial charge on any atom is -0.353 e. The molecule has 1 saturated heterocycles. The summed E-state index contributed by atoms with van der Waals surface area (Å²) >= 11 is 0. The molecule has 4 heterocycles. The van der Waals surface area contributed by atoms with Crippen LogP contribution in [-0.2, 0) is 0 Å². The van der Waals surface area contributed by atoms with Gasteiger partial charge in [0.05, 0.1) is 11.9 Å². The largest absolute Gasteiger partial charge is 0.353 e. The van der Waals surface area contributed by atoms with E-state index in [4.69, 9.17) is 4.98 Å². The number of nitrogens with zero attached hydrogens (tertiary/aromatic N) is 8. The summed E-state index contributed by atoms with van der Waals surface area (Å²) in [5, 5.41) is 11.7. The quantitative estimate of drug-likeness (QED) is 0.543. The fourth-order valence-electron chi connectivity index (χ4n) is 3.59. The monoisotopic (exact) mass is 376 g/mol. The predicted octanol–water partition coefficient (Wildman–Crippen LogP) is 2.50. The highest BCUT2D eigenvalue weighted by Crippen LogP contribution is 2.30. The van der Waals surface area contributed by atoms with Gasteiger partial charge in [0.15, 0.2) is 5.82 Å². The van der Waals surface area contributed by atoms with E-state index in [1.54, 1.807) is 35.2 Å². The second kappa shape index (κ2) is 6.91. The van der Waals surface area contributed by atoms with Gasteiger partial charge in [-0.1, -0.05) is 0 Å². The maximum atomic E-state index is 13.2. The first-order valence-corrected chi connectivity index (χ1v) is 9.14. The molecule has 1 aliphatic rings. The fourth-order valence-corrected chi connectivity index (χ4v) is 3.59. The van der Waals surface area contributed by atoms with Gasteiger partial charge in [0, 0.05) is 37.0 Å². The van der Waals surface area contributed by atoms with E-state index in [0.29, 0.717) is 5.65 Å². The molecule has 28 heavy (non-hydrogen) atoms. The summed E-state index contributed by atoms with van der Waals surface area (Å²) in [6.07, 6.45) is 7.05. The van der Waals surface area contributed by atoms with Gasteiger partial charge < -0.3 is 4.90 Å². The van der Waals surface area contributed by atoms with Crippen molar-refractivity contribution in [3.63, 3.8) is 0 Å². The molecule has 9 heteroatoms. The number of fused-ring (bicyclic) bond motifs is 1. The van der Waals surface area contributed by atoms with Crippen LogP contribution in [0, 0.1) is 5.82 Å². The highest BCUT2D eigenvalue weighted by molar-refractivity contribution is 5.63. The summed E-state index contributed by atoms with van der Waals surface area (Å²) in [5.41, 5.74) is 2.36. The minimum absolute atomic E-state index is 0.253. The number of halogens is 1. The lowest BCUT2D eigenvalue weighted by molar-refractivity contribution is 0.484. The van der Waals surface area contributed by atoms with Crippen LogP contribution >= 0.6 is 0 Å². The van der Waals surface area contributed by atoms with Crippen LogP contribution < -0.4 is 4.90 Å². The Morgan fingerprint density at radius 3 is 2.61 bits per heavy atom. The molecule has 0 unspecified atom stereocenters. The number of tetrazole rings is 1. The first kappa shape index (κ1) is 16.7. The van der Waals surface area contributed by atoms with Crippen LogP contribution in [0.5, 0.6) is 0 Å². The number of hydrogen-bond donors (Lipinski definition) is 0. The molecule has 0 aliphatic carbocycles. The molecule has 0 bridgehead atoms. The van der Waals surface area contributed by atoms with Gasteiger partial charge in [0.2, 0.25) is 5.65 Å². The molecule has 0 atom stereocenters. The Morgan fingerprint density at radius 2 is 1.79 bits per heavy atom. The zero-order valence-corrected chi connectivity index (χ0v) is 15.0. The summed E-state index contributed by atoms with van der Waals surface area (Å²) in [6.45, 7) is 1.66. The maximum absolute atomic E-state index is 13.2. The Labute approximate surface area is 160 Å². The number of piperidine rings is 1. The number of hydrogen-bond acceptors (Lipinski definition) is 7.